The Morgan fingerprint density at radius 2 is 2.00 bits per heavy atom. The lowest BCUT2D eigenvalue weighted by Crippen LogP contribution is -2.41. The minimum absolute atomic E-state index is 0.0269. The van der Waals surface area contributed by atoms with Crippen molar-refractivity contribution >= 4 is 27.5 Å². The third-order valence-corrected chi connectivity index (χ3v) is 7.64. The molecule has 31 heavy (non-hydrogen) atoms. The molecule has 0 saturated carbocycles. The van der Waals surface area contributed by atoms with Crippen LogP contribution in [-0.4, -0.2) is 62.7 Å². The SMILES string of the molecule is O=C(CSc1nnnn1-c1cccc(F)c1)N(Cc1ccccc1)[C@H]1CCS(=O)(=O)C1. The number of carbonyl (C=O) groups excluding carboxylic acids is 1. The predicted octanol–water partition coefficient (Wildman–Crippen LogP) is 2.11. The fraction of sp³-hybridized carbons (Fsp3) is 0.300. The Kier molecular flexibility index (Phi) is 6.33. The van der Waals surface area contributed by atoms with Crippen LogP contribution in [0.3, 0.4) is 0 Å². The maximum Gasteiger partial charge on any atom is 0.233 e. The average Bonchev–Trinajstić information content (AvgIpc) is 3.37. The molecule has 0 bridgehead atoms. The van der Waals surface area contributed by atoms with Gasteiger partial charge in [0.2, 0.25) is 11.1 Å². The normalized spacial score (nSPS) is 17.5. The second-order valence-corrected chi connectivity index (χ2v) is 10.4. The highest BCUT2D eigenvalue weighted by Gasteiger charge is 2.34. The van der Waals surface area contributed by atoms with Gasteiger partial charge in [0.15, 0.2) is 9.84 Å². The molecule has 2 heterocycles. The lowest BCUT2D eigenvalue weighted by atomic mass is 10.1. The molecule has 4 rings (SSSR count). The van der Waals surface area contributed by atoms with Crippen LogP contribution in [0.1, 0.15) is 12.0 Å². The number of nitrogens with zero attached hydrogens (tertiary/aromatic N) is 5. The number of hydrogen-bond donors (Lipinski definition) is 0. The Bertz CT molecular complexity index is 1170. The predicted molar refractivity (Wildman–Crippen MR) is 114 cm³/mol. The molecule has 11 heteroatoms. The molecule has 0 radical (unpaired) electrons. The fourth-order valence-corrected chi connectivity index (χ4v) is 5.98. The van der Waals surface area contributed by atoms with Crippen molar-refractivity contribution in [1.29, 1.82) is 0 Å². The molecule has 8 nitrogen and oxygen atoms in total. The van der Waals surface area contributed by atoms with Gasteiger partial charge in [-0.25, -0.2) is 12.8 Å². The molecule has 1 fully saturated rings. The van der Waals surface area contributed by atoms with Gasteiger partial charge in [-0.05, 0) is 40.6 Å². The second kappa shape index (κ2) is 9.15. The van der Waals surface area contributed by atoms with Crippen molar-refractivity contribution in [3.63, 3.8) is 0 Å². The Labute approximate surface area is 183 Å². The van der Waals surface area contributed by atoms with E-state index in [1.54, 1.807) is 17.0 Å². The van der Waals surface area contributed by atoms with Crippen molar-refractivity contribution in [3.05, 3.63) is 66.0 Å². The monoisotopic (exact) mass is 461 g/mol. The van der Waals surface area contributed by atoms with E-state index in [1.165, 1.54) is 16.8 Å². The molecule has 3 aromatic rings. The van der Waals surface area contributed by atoms with E-state index in [0.29, 0.717) is 23.8 Å². The molecular weight excluding hydrogens is 441 g/mol. The fourth-order valence-electron chi connectivity index (χ4n) is 3.47. The van der Waals surface area contributed by atoms with Gasteiger partial charge in [0.25, 0.3) is 0 Å². The van der Waals surface area contributed by atoms with Crippen LogP contribution in [0.25, 0.3) is 5.69 Å². The highest BCUT2D eigenvalue weighted by molar-refractivity contribution is 7.99. The molecule has 162 valence electrons. The van der Waals surface area contributed by atoms with E-state index in [2.05, 4.69) is 15.5 Å². The van der Waals surface area contributed by atoms with Gasteiger partial charge in [0.05, 0.1) is 22.9 Å². The van der Waals surface area contributed by atoms with Crippen LogP contribution < -0.4 is 0 Å². The minimum atomic E-state index is -3.14. The van der Waals surface area contributed by atoms with Gasteiger partial charge in [0.1, 0.15) is 5.82 Å². The average molecular weight is 462 g/mol. The van der Waals surface area contributed by atoms with Gasteiger partial charge < -0.3 is 4.90 Å². The first-order valence-corrected chi connectivity index (χ1v) is 12.4. The zero-order chi connectivity index (χ0) is 21.8. The molecule has 0 unspecified atom stereocenters. The first kappa shape index (κ1) is 21.4. The number of halogens is 1. The zero-order valence-electron chi connectivity index (χ0n) is 16.5. The van der Waals surface area contributed by atoms with Crippen molar-refractivity contribution in [2.24, 2.45) is 0 Å². The zero-order valence-corrected chi connectivity index (χ0v) is 18.1. The lowest BCUT2D eigenvalue weighted by molar-refractivity contribution is -0.130. The molecule has 1 aliphatic rings. The summed E-state index contributed by atoms with van der Waals surface area (Å²) in [7, 11) is -3.14. The molecule has 0 aliphatic carbocycles. The Morgan fingerprint density at radius 3 is 2.71 bits per heavy atom. The van der Waals surface area contributed by atoms with Crippen LogP contribution in [0.5, 0.6) is 0 Å². The van der Waals surface area contributed by atoms with Crippen molar-refractivity contribution < 1.29 is 17.6 Å². The number of rotatable bonds is 7. The van der Waals surface area contributed by atoms with E-state index in [4.69, 9.17) is 0 Å². The summed E-state index contributed by atoms with van der Waals surface area (Å²) in [5.41, 5.74) is 1.37. The van der Waals surface area contributed by atoms with Crippen LogP contribution in [0.2, 0.25) is 0 Å². The summed E-state index contributed by atoms with van der Waals surface area (Å²) in [5.74, 6) is -0.543. The number of carbonyl (C=O) groups is 1. The van der Waals surface area contributed by atoms with Gasteiger partial charge in [-0.1, -0.05) is 48.2 Å². The number of aromatic nitrogens is 4. The van der Waals surface area contributed by atoms with E-state index in [-0.39, 0.29) is 29.2 Å². The topological polar surface area (TPSA) is 98.1 Å². The third-order valence-electron chi connectivity index (χ3n) is 4.98. The molecule has 0 N–H and O–H groups in total. The number of thioether (sulfide) groups is 1. The van der Waals surface area contributed by atoms with E-state index in [0.717, 1.165) is 17.3 Å². The summed E-state index contributed by atoms with van der Waals surface area (Å²) < 4.78 is 38.9. The summed E-state index contributed by atoms with van der Waals surface area (Å²) in [4.78, 5) is 14.7. The maximum atomic E-state index is 13.6. The Hall–Kier alpha value is -2.79. The number of sulfone groups is 1. The Morgan fingerprint density at radius 1 is 1.19 bits per heavy atom. The van der Waals surface area contributed by atoms with E-state index in [9.17, 15) is 17.6 Å². The number of tetrazole rings is 1. The molecule has 0 spiro atoms. The number of amides is 1. The van der Waals surface area contributed by atoms with Crippen molar-refractivity contribution in [2.75, 3.05) is 17.3 Å². The summed E-state index contributed by atoms with van der Waals surface area (Å²) in [5, 5.41) is 11.8. The van der Waals surface area contributed by atoms with Gasteiger partial charge in [-0.2, -0.15) is 4.68 Å². The first-order valence-electron chi connectivity index (χ1n) is 9.62. The molecule has 2 aromatic carbocycles. The minimum Gasteiger partial charge on any atom is -0.334 e. The van der Waals surface area contributed by atoms with Crippen molar-refractivity contribution in [1.82, 2.24) is 25.1 Å². The third kappa shape index (κ3) is 5.28. The quantitative estimate of drug-likeness (QED) is 0.497. The smallest absolute Gasteiger partial charge is 0.233 e. The van der Waals surface area contributed by atoms with Crippen LogP contribution in [0.15, 0.2) is 59.8 Å². The van der Waals surface area contributed by atoms with E-state index in [1.807, 2.05) is 30.3 Å². The number of benzene rings is 2. The highest BCUT2D eigenvalue weighted by Crippen LogP contribution is 2.24. The van der Waals surface area contributed by atoms with Gasteiger partial charge in [0, 0.05) is 12.6 Å². The largest absolute Gasteiger partial charge is 0.334 e. The summed E-state index contributed by atoms with van der Waals surface area (Å²) in [6, 6.07) is 14.9. The lowest BCUT2D eigenvalue weighted by Gasteiger charge is -2.28. The number of hydrogen-bond acceptors (Lipinski definition) is 7. The standard InChI is InChI=1S/C20H20FN5O3S2/c21-16-7-4-8-17(11-16)26-20(22-23-24-26)30-13-19(27)25(12-15-5-2-1-3-6-15)18-9-10-31(28,29)14-18/h1-8,11,18H,9-10,12-14H2/t18-/m0/s1. The molecule has 1 amide bonds. The molecule has 1 aromatic heterocycles. The van der Waals surface area contributed by atoms with E-state index >= 15 is 0 Å². The van der Waals surface area contributed by atoms with E-state index < -0.39 is 15.7 Å². The maximum absolute atomic E-state index is 13.6. The second-order valence-electron chi connectivity index (χ2n) is 7.21. The molecule has 1 saturated heterocycles. The van der Waals surface area contributed by atoms with Crippen LogP contribution in [0, 0.1) is 5.82 Å². The Balaban J connectivity index is 1.50. The van der Waals surface area contributed by atoms with Gasteiger partial charge in [-0.15, -0.1) is 5.10 Å². The van der Waals surface area contributed by atoms with Crippen molar-refractivity contribution in [3.8, 4) is 5.69 Å². The van der Waals surface area contributed by atoms with Crippen LogP contribution in [0.4, 0.5) is 4.39 Å². The highest BCUT2D eigenvalue weighted by atomic mass is 32.2. The van der Waals surface area contributed by atoms with Gasteiger partial charge >= 0.3 is 0 Å². The molecule has 1 atom stereocenters. The summed E-state index contributed by atoms with van der Waals surface area (Å²) in [6.07, 6.45) is 0.423. The first-order chi connectivity index (χ1) is 14.9. The molecule has 1 aliphatic heterocycles. The van der Waals surface area contributed by atoms with Crippen LogP contribution in [-0.2, 0) is 21.2 Å². The van der Waals surface area contributed by atoms with Crippen molar-refractivity contribution in [2.45, 2.75) is 24.2 Å². The van der Waals surface area contributed by atoms with Gasteiger partial charge in [-0.3, -0.25) is 4.79 Å². The van der Waals surface area contributed by atoms with Crippen LogP contribution >= 0.6 is 11.8 Å². The summed E-state index contributed by atoms with van der Waals surface area (Å²) in [6.45, 7) is 0.329. The molecular formula is C20H20FN5O3S2. The summed E-state index contributed by atoms with van der Waals surface area (Å²) >= 11 is 1.12.